The van der Waals surface area contributed by atoms with Gasteiger partial charge in [-0.15, -0.1) is 0 Å². The van der Waals surface area contributed by atoms with Crippen LogP contribution in [-0.2, 0) is 13.6 Å². The SMILES string of the molecule is CN(C)C(=O)c1cc(NCc2nc3ccccc3n2C)cc2c(Nc3ccc(F)c(Cl)c3)c(C#N)cnc12. The Balaban J connectivity index is 1.62. The van der Waals surface area contributed by atoms with Crippen molar-refractivity contribution < 1.29 is 9.18 Å². The summed E-state index contributed by atoms with van der Waals surface area (Å²) in [5.41, 5.74) is 4.51. The van der Waals surface area contributed by atoms with Gasteiger partial charge in [-0.1, -0.05) is 23.7 Å². The molecule has 0 fully saturated rings. The first-order valence-electron chi connectivity index (χ1n) is 11.7. The molecule has 0 bridgehead atoms. The van der Waals surface area contributed by atoms with Gasteiger partial charge in [0.2, 0.25) is 0 Å². The van der Waals surface area contributed by atoms with Gasteiger partial charge in [0, 0.05) is 44.1 Å². The van der Waals surface area contributed by atoms with Crippen LogP contribution in [0, 0.1) is 17.1 Å². The average Bonchev–Trinajstić information content (AvgIpc) is 3.24. The van der Waals surface area contributed by atoms with Gasteiger partial charge in [-0.05, 0) is 42.5 Å². The zero-order valence-electron chi connectivity index (χ0n) is 20.9. The molecule has 8 nitrogen and oxygen atoms in total. The lowest BCUT2D eigenvalue weighted by Gasteiger charge is -2.18. The Kier molecular flexibility index (Phi) is 6.57. The van der Waals surface area contributed by atoms with Gasteiger partial charge in [-0.25, -0.2) is 9.37 Å². The highest BCUT2D eigenvalue weighted by Crippen LogP contribution is 2.34. The van der Waals surface area contributed by atoms with Crippen LogP contribution in [0.4, 0.5) is 21.5 Å². The van der Waals surface area contributed by atoms with Crippen molar-refractivity contribution in [2.24, 2.45) is 7.05 Å². The van der Waals surface area contributed by atoms with Crippen molar-refractivity contribution in [1.82, 2.24) is 19.4 Å². The molecule has 0 saturated carbocycles. The summed E-state index contributed by atoms with van der Waals surface area (Å²) in [6.07, 6.45) is 1.41. The van der Waals surface area contributed by atoms with Crippen LogP contribution in [0.15, 0.2) is 60.8 Å². The summed E-state index contributed by atoms with van der Waals surface area (Å²) in [7, 11) is 5.28. The number of nitrogens with one attached hydrogen (secondary N) is 2. The van der Waals surface area contributed by atoms with E-state index in [0.29, 0.717) is 40.1 Å². The number of imidazole rings is 1. The molecule has 10 heteroatoms. The number of hydrogen-bond donors (Lipinski definition) is 2. The Labute approximate surface area is 223 Å². The molecule has 1 amide bonds. The molecule has 5 rings (SSSR count). The molecule has 0 spiro atoms. The highest BCUT2D eigenvalue weighted by molar-refractivity contribution is 6.31. The lowest BCUT2D eigenvalue weighted by atomic mass is 10.0. The van der Waals surface area contributed by atoms with Gasteiger partial charge in [-0.3, -0.25) is 9.78 Å². The lowest BCUT2D eigenvalue weighted by molar-refractivity contribution is 0.0829. The van der Waals surface area contributed by atoms with Crippen LogP contribution in [0.5, 0.6) is 0 Å². The van der Waals surface area contributed by atoms with Crippen LogP contribution < -0.4 is 10.6 Å². The first-order chi connectivity index (χ1) is 18.3. The number of pyridine rings is 1. The van der Waals surface area contributed by atoms with E-state index in [9.17, 15) is 14.4 Å². The maximum Gasteiger partial charge on any atom is 0.255 e. The number of rotatable bonds is 6. The Morgan fingerprint density at radius 1 is 1.16 bits per heavy atom. The predicted molar refractivity (Wildman–Crippen MR) is 147 cm³/mol. The molecule has 0 aliphatic rings. The summed E-state index contributed by atoms with van der Waals surface area (Å²) >= 11 is 5.98. The Morgan fingerprint density at radius 3 is 2.66 bits per heavy atom. The van der Waals surface area contributed by atoms with Crippen molar-refractivity contribution in [3.63, 3.8) is 0 Å². The van der Waals surface area contributed by atoms with E-state index < -0.39 is 5.82 Å². The smallest absolute Gasteiger partial charge is 0.255 e. The molecule has 38 heavy (non-hydrogen) atoms. The van der Waals surface area contributed by atoms with Crippen molar-refractivity contribution in [3.05, 3.63) is 88.6 Å². The summed E-state index contributed by atoms with van der Waals surface area (Å²) < 4.78 is 15.8. The molecule has 2 heterocycles. The Morgan fingerprint density at radius 2 is 1.95 bits per heavy atom. The van der Waals surface area contributed by atoms with Crippen molar-refractivity contribution in [2.75, 3.05) is 24.7 Å². The minimum atomic E-state index is -0.551. The zero-order chi connectivity index (χ0) is 27.0. The maximum absolute atomic E-state index is 13.7. The van der Waals surface area contributed by atoms with Gasteiger partial charge in [0.25, 0.3) is 5.91 Å². The minimum absolute atomic E-state index is 0.0554. The second-order valence-electron chi connectivity index (χ2n) is 8.96. The fourth-order valence-electron chi connectivity index (χ4n) is 4.28. The Hall–Kier alpha value is -4.68. The molecule has 5 aromatic rings. The van der Waals surface area contributed by atoms with Crippen molar-refractivity contribution in [3.8, 4) is 6.07 Å². The van der Waals surface area contributed by atoms with E-state index in [1.54, 1.807) is 20.2 Å². The van der Waals surface area contributed by atoms with Crippen LogP contribution in [0.2, 0.25) is 5.02 Å². The number of carbonyl (C=O) groups is 1. The van der Waals surface area contributed by atoms with Gasteiger partial charge in [0.15, 0.2) is 0 Å². The number of halogens is 2. The number of anilines is 3. The second kappa shape index (κ2) is 10.00. The molecule has 0 aliphatic heterocycles. The third-order valence-electron chi connectivity index (χ3n) is 6.25. The van der Waals surface area contributed by atoms with Crippen molar-refractivity contribution in [1.29, 1.82) is 5.26 Å². The molecule has 0 unspecified atom stereocenters. The molecular formula is C28H23ClFN7O. The minimum Gasteiger partial charge on any atom is -0.378 e. The number of amides is 1. The van der Waals surface area contributed by atoms with Crippen molar-refractivity contribution >= 4 is 56.5 Å². The number of fused-ring (bicyclic) bond motifs is 2. The van der Waals surface area contributed by atoms with Gasteiger partial charge in [-0.2, -0.15) is 5.26 Å². The number of para-hydroxylation sites is 2. The Bertz CT molecular complexity index is 1760. The maximum atomic E-state index is 13.7. The average molecular weight is 528 g/mol. The monoisotopic (exact) mass is 527 g/mol. The number of aryl methyl sites for hydroxylation is 1. The summed E-state index contributed by atoms with van der Waals surface area (Å²) in [5.74, 6) is 0.0222. The quantitative estimate of drug-likeness (QED) is 0.288. The standard InChI is InChI=1S/C28H23ClFN7O/c1-36(2)28(38)20-11-18(32-15-25-35-23-6-4-5-7-24(23)37(25)3)10-19-26(16(13-31)14-33-27(19)20)34-17-8-9-22(30)21(29)12-17/h4-12,14,32H,15H2,1-3H3,(H,33,34). The predicted octanol–water partition coefficient (Wildman–Crippen LogP) is 5.84. The summed E-state index contributed by atoms with van der Waals surface area (Å²) in [4.78, 5) is 23.8. The number of aromatic nitrogens is 3. The number of carbonyl (C=O) groups excluding carboxylic acids is 1. The first kappa shape index (κ1) is 25.0. The lowest BCUT2D eigenvalue weighted by Crippen LogP contribution is -2.22. The zero-order valence-corrected chi connectivity index (χ0v) is 21.6. The number of nitrogens with zero attached hydrogens (tertiary/aromatic N) is 5. The van der Waals surface area contributed by atoms with E-state index in [0.717, 1.165) is 16.9 Å². The summed E-state index contributed by atoms with van der Waals surface area (Å²) in [6.45, 7) is 0.397. The van der Waals surface area contributed by atoms with Gasteiger partial charge in [0.1, 0.15) is 17.7 Å². The van der Waals surface area contributed by atoms with E-state index in [-0.39, 0.29) is 16.5 Å². The van der Waals surface area contributed by atoms with E-state index in [1.807, 2.05) is 41.9 Å². The third-order valence-corrected chi connectivity index (χ3v) is 6.54. The van der Waals surface area contributed by atoms with Crippen molar-refractivity contribution in [2.45, 2.75) is 6.54 Å². The fourth-order valence-corrected chi connectivity index (χ4v) is 4.46. The van der Waals surface area contributed by atoms with E-state index in [1.165, 1.54) is 29.3 Å². The molecule has 0 saturated heterocycles. The molecule has 2 N–H and O–H groups in total. The molecule has 190 valence electrons. The first-order valence-corrected chi connectivity index (χ1v) is 12.1. The number of benzene rings is 3. The number of hydrogen-bond acceptors (Lipinski definition) is 6. The number of nitriles is 1. The molecule has 0 aliphatic carbocycles. The second-order valence-corrected chi connectivity index (χ2v) is 9.37. The molecule has 0 atom stereocenters. The molecule has 3 aromatic carbocycles. The highest BCUT2D eigenvalue weighted by Gasteiger charge is 2.20. The normalized spacial score (nSPS) is 10.9. The van der Waals surface area contributed by atoms with E-state index in [4.69, 9.17) is 16.6 Å². The topological polar surface area (TPSA) is 98.9 Å². The molecular weight excluding hydrogens is 505 g/mol. The summed E-state index contributed by atoms with van der Waals surface area (Å²) in [6, 6.07) is 17.8. The van der Waals surface area contributed by atoms with E-state index in [2.05, 4.69) is 21.7 Å². The van der Waals surface area contributed by atoms with Crippen LogP contribution in [-0.4, -0.2) is 39.4 Å². The largest absolute Gasteiger partial charge is 0.378 e. The van der Waals surface area contributed by atoms with Gasteiger partial charge < -0.3 is 20.1 Å². The van der Waals surface area contributed by atoms with Crippen LogP contribution in [0.3, 0.4) is 0 Å². The molecule has 2 aromatic heterocycles. The van der Waals surface area contributed by atoms with Crippen LogP contribution in [0.1, 0.15) is 21.7 Å². The van der Waals surface area contributed by atoms with E-state index >= 15 is 0 Å². The van der Waals surface area contributed by atoms with Gasteiger partial charge in [0.05, 0.1) is 44.9 Å². The summed E-state index contributed by atoms with van der Waals surface area (Å²) in [5, 5.41) is 16.9. The van der Waals surface area contributed by atoms with Crippen LogP contribution in [0.25, 0.3) is 21.9 Å². The van der Waals surface area contributed by atoms with Gasteiger partial charge >= 0.3 is 0 Å². The fraction of sp³-hybridized carbons (Fsp3) is 0.143. The van der Waals surface area contributed by atoms with Crippen LogP contribution >= 0.6 is 11.6 Å². The third kappa shape index (κ3) is 4.58. The highest BCUT2D eigenvalue weighted by atomic mass is 35.5. The molecule has 0 radical (unpaired) electrons.